The summed E-state index contributed by atoms with van der Waals surface area (Å²) in [4.78, 5) is 11.7. The smallest absolute Gasteiger partial charge is 0.133 e. The van der Waals surface area contributed by atoms with Gasteiger partial charge < -0.3 is 4.52 Å². The van der Waals surface area contributed by atoms with Crippen LogP contribution in [0.3, 0.4) is 0 Å². The highest BCUT2D eigenvalue weighted by atomic mass is 16.5. The lowest BCUT2D eigenvalue weighted by Crippen LogP contribution is -2.31. The Morgan fingerprint density at radius 2 is 2.30 bits per heavy atom. The summed E-state index contributed by atoms with van der Waals surface area (Å²) in [7, 11) is 0. The zero-order valence-electron chi connectivity index (χ0n) is 11.7. The van der Waals surface area contributed by atoms with Crippen molar-refractivity contribution in [3.8, 4) is 0 Å². The summed E-state index contributed by atoms with van der Waals surface area (Å²) in [6.07, 6.45) is 5.56. The highest BCUT2D eigenvalue weighted by molar-refractivity contribution is 5.22. The molecule has 0 N–H and O–H groups in total. The maximum atomic E-state index is 5.13. The van der Waals surface area contributed by atoms with Gasteiger partial charge in [-0.3, -0.25) is 4.90 Å². The number of hydrogen-bond acceptors (Lipinski definition) is 5. The summed E-state index contributed by atoms with van der Waals surface area (Å²) < 4.78 is 5.13. The predicted molar refractivity (Wildman–Crippen MR) is 73.1 cm³/mol. The van der Waals surface area contributed by atoms with Crippen LogP contribution in [0.5, 0.6) is 0 Å². The van der Waals surface area contributed by atoms with Crippen molar-refractivity contribution >= 4 is 0 Å². The average Bonchev–Trinajstić information content (AvgIpc) is 3.22. The third kappa shape index (κ3) is 2.33. The van der Waals surface area contributed by atoms with Crippen molar-refractivity contribution in [2.45, 2.75) is 45.2 Å². The molecule has 0 saturated heterocycles. The molecule has 0 bridgehead atoms. The minimum Gasteiger partial charge on any atom is -0.361 e. The molecule has 5 heteroatoms. The molecule has 1 aliphatic carbocycles. The van der Waals surface area contributed by atoms with Gasteiger partial charge in [0.2, 0.25) is 0 Å². The van der Waals surface area contributed by atoms with E-state index in [1.54, 1.807) is 0 Å². The summed E-state index contributed by atoms with van der Waals surface area (Å²) >= 11 is 0. The van der Waals surface area contributed by atoms with Crippen LogP contribution in [-0.4, -0.2) is 26.6 Å². The quantitative estimate of drug-likeness (QED) is 0.856. The number of rotatable bonds is 3. The first kappa shape index (κ1) is 12.0. The second-order valence-electron chi connectivity index (χ2n) is 5.86. The molecule has 3 heterocycles. The monoisotopic (exact) mass is 270 g/mol. The van der Waals surface area contributed by atoms with E-state index in [9.17, 15) is 0 Å². The molecule has 4 rings (SSSR count). The molecule has 0 atom stereocenters. The molecule has 20 heavy (non-hydrogen) atoms. The number of fused-ring (bicyclic) bond motifs is 1. The van der Waals surface area contributed by atoms with E-state index in [0.717, 1.165) is 43.3 Å². The molecule has 2 aromatic heterocycles. The standard InChI is InChI=1S/C15H18N4O/c1-10-6-13(18-20-10)8-19-5-4-12-7-16-15(11-2-3-11)17-14(12)9-19/h6-7,11H,2-5,8-9H2,1H3. The first-order valence-electron chi connectivity index (χ1n) is 7.27. The van der Waals surface area contributed by atoms with Crippen LogP contribution < -0.4 is 0 Å². The summed E-state index contributed by atoms with van der Waals surface area (Å²) in [5.41, 5.74) is 3.51. The number of aryl methyl sites for hydroxylation is 1. The maximum Gasteiger partial charge on any atom is 0.133 e. The number of nitrogens with zero attached hydrogens (tertiary/aromatic N) is 4. The van der Waals surface area contributed by atoms with E-state index < -0.39 is 0 Å². The number of aromatic nitrogens is 3. The lowest BCUT2D eigenvalue weighted by Gasteiger charge is -2.27. The fourth-order valence-corrected chi connectivity index (χ4v) is 2.77. The Kier molecular flexibility index (Phi) is 2.80. The molecule has 0 radical (unpaired) electrons. The second kappa shape index (κ2) is 4.66. The Bertz CT molecular complexity index is 633. The zero-order chi connectivity index (χ0) is 13.5. The van der Waals surface area contributed by atoms with Crippen molar-refractivity contribution in [3.63, 3.8) is 0 Å². The van der Waals surface area contributed by atoms with E-state index in [1.807, 2.05) is 19.2 Å². The molecule has 2 aliphatic rings. The van der Waals surface area contributed by atoms with Gasteiger partial charge in [0.25, 0.3) is 0 Å². The van der Waals surface area contributed by atoms with Crippen LogP contribution in [0.15, 0.2) is 16.8 Å². The van der Waals surface area contributed by atoms with Gasteiger partial charge in [-0.05, 0) is 31.7 Å². The zero-order valence-corrected chi connectivity index (χ0v) is 11.7. The molecule has 104 valence electrons. The largest absolute Gasteiger partial charge is 0.361 e. The molecule has 1 saturated carbocycles. The Morgan fingerprint density at radius 3 is 3.05 bits per heavy atom. The van der Waals surface area contributed by atoms with Crippen LogP contribution in [0.25, 0.3) is 0 Å². The van der Waals surface area contributed by atoms with E-state index in [-0.39, 0.29) is 0 Å². The highest BCUT2D eigenvalue weighted by Crippen LogP contribution is 2.38. The Labute approximate surface area is 118 Å². The molecular formula is C15H18N4O. The van der Waals surface area contributed by atoms with Gasteiger partial charge in [0, 0.05) is 37.8 Å². The van der Waals surface area contributed by atoms with Crippen molar-refractivity contribution in [2.75, 3.05) is 6.54 Å². The van der Waals surface area contributed by atoms with Crippen LogP contribution in [0.2, 0.25) is 0 Å². The summed E-state index contributed by atoms with van der Waals surface area (Å²) in [5.74, 6) is 2.53. The SMILES string of the molecule is Cc1cc(CN2CCc3cnc(C4CC4)nc3C2)no1. The topological polar surface area (TPSA) is 55.1 Å². The van der Waals surface area contributed by atoms with Crippen LogP contribution >= 0.6 is 0 Å². The lowest BCUT2D eigenvalue weighted by molar-refractivity contribution is 0.233. The molecule has 2 aromatic rings. The van der Waals surface area contributed by atoms with Gasteiger partial charge in [-0.25, -0.2) is 9.97 Å². The third-order valence-corrected chi connectivity index (χ3v) is 4.05. The van der Waals surface area contributed by atoms with Gasteiger partial charge in [-0.15, -0.1) is 0 Å². The van der Waals surface area contributed by atoms with E-state index in [1.165, 1.54) is 24.1 Å². The van der Waals surface area contributed by atoms with Crippen molar-refractivity contribution in [3.05, 3.63) is 40.8 Å². The predicted octanol–water partition coefficient (Wildman–Crippen LogP) is 2.21. The molecule has 0 spiro atoms. The van der Waals surface area contributed by atoms with Gasteiger partial charge in [0.15, 0.2) is 0 Å². The first-order valence-corrected chi connectivity index (χ1v) is 7.27. The molecule has 1 fully saturated rings. The molecule has 0 aromatic carbocycles. The van der Waals surface area contributed by atoms with E-state index in [2.05, 4.69) is 15.0 Å². The fourth-order valence-electron chi connectivity index (χ4n) is 2.77. The van der Waals surface area contributed by atoms with Gasteiger partial charge in [-0.1, -0.05) is 5.16 Å². The third-order valence-electron chi connectivity index (χ3n) is 4.05. The molecular weight excluding hydrogens is 252 g/mol. The van der Waals surface area contributed by atoms with Crippen molar-refractivity contribution in [1.82, 2.24) is 20.0 Å². The Hall–Kier alpha value is -1.75. The molecule has 0 amide bonds. The molecule has 5 nitrogen and oxygen atoms in total. The van der Waals surface area contributed by atoms with Crippen LogP contribution in [0.1, 0.15) is 47.3 Å². The lowest BCUT2D eigenvalue weighted by atomic mass is 10.1. The van der Waals surface area contributed by atoms with Gasteiger partial charge in [0.1, 0.15) is 11.6 Å². The minimum atomic E-state index is 0.619. The summed E-state index contributed by atoms with van der Waals surface area (Å²) in [5, 5.41) is 4.07. The van der Waals surface area contributed by atoms with Gasteiger partial charge in [0.05, 0.1) is 11.4 Å². The minimum absolute atomic E-state index is 0.619. The molecule has 0 unspecified atom stereocenters. The van der Waals surface area contributed by atoms with Crippen LogP contribution in [0.4, 0.5) is 0 Å². The van der Waals surface area contributed by atoms with E-state index in [4.69, 9.17) is 9.51 Å². The van der Waals surface area contributed by atoms with Crippen molar-refractivity contribution < 1.29 is 4.52 Å². The highest BCUT2D eigenvalue weighted by Gasteiger charge is 2.28. The van der Waals surface area contributed by atoms with E-state index in [0.29, 0.717) is 5.92 Å². The first-order chi connectivity index (χ1) is 9.78. The van der Waals surface area contributed by atoms with Crippen molar-refractivity contribution in [2.24, 2.45) is 0 Å². The average molecular weight is 270 g/mol. The van der Waals surface area contributed by atoms with E-state index >= 15 is 0 Å². The van der Waals surface area contributed by atoms with Crippen LogP contribution in [0, 0.1) is 6.92 Å². The summed E-state index contributed by atoms with van der Waals surface area (Å²) in [6, 6.07) is 2.01. The summed E-state index contributed by atoms with van der Waals surface area (Å²) in [6.45, 7) is 4.69. The van der Waals surface area contributed by atoms with Crippen LogP contribution in [-0.2, 0) is 19.5 Å². The fraction of sp³-hybridized carbons (Fsp3) is 0.533. The van der Waals surface area contributed by atoms with Crippen molar-refractivity contribution in [1.29, 1.82) is 0 Å². The second-order valence-corrected chi connectivity index (χ2v) is 5.86. The number of hydrogen-bond donors (Lipinski definition) is 0. The maximum absolute atomic E-state index is 5.13. The van der Waals surface area contributed by atoms with Gasteiger partial charge >= 0.3 is 0 Å². The van der Waals surface area contributed by atoms with Gasteiger partial charge in [-0.2, -0.15) is 0 Å². The Balaban J connectivity index is 1.51. The normalized spacial score (nSPS) is 19.1. The Morgan fingerprint density at radius 1 is 1.40 bits per heavy atom. The molecule has 1 aliphatic heterocycles.